The lowest BCUT2D eigenvalue weighted by Crippen LogP contribution is -2.33. The Bertz CT molecular complexity index is 363. The number of benzene rings is 1. The summed E-state index contributed by atoms with van der Waals surface area (Å²) in [6, 6.07) is 7.21. The molecule has 0 aliphatic carbocycles. The van der Waals surface area contributed by atoms with E-state index in [0.717, 1.165) is 5.75 Å². The quantitative estimate of drug-likeness (QED) is 0.344. The number of hydrogen-bond donors (Lipinski definition) is 2. The fourth-order valence-electron chi connectivity index (χ4n) is 1.36. The van der Waals surface area contributed by atoms with Gasteiger partial charge in [0, 0.05) is 0 Å². The fourth-order valence-corrected chi connectivity index (χ4v) is 1.36. The molecule has 0 saturated carbocycles. The molecule has 0 bridgehead atoms. The summed E-state index contributed by atoms with van der Waals surface area (Å²) in [5.41, 5.74) is 5.50. The molecule has 0 fully saturated rings. The summed E-state index contributed by atoms with van der Waals surface area (Å²) in [7, 11) is 0. The van der Waals surface area contributed by atoms with E-state index >= 15 is 0 Å². The first-order chi connectivity index (χ1) is 8.21. The minimum Gasteiger partial charge on any atom is -0.494 e. The Morgan fingerprint density at radius 1 is 1.29 bits per heavy atom. The third-order valence-corrected chi connectivity index (χ3v) is 2.23. The van der Waals surface area contributed by atoms with Crippen molar-refractivity contribution < 1.29 is 14.7 Å². The highest BCUT2D eigenvalue weighted by atomic mass is 16.5. The predicted molar refractivity (Wildman–Crippen MR) is 65.7 cm³/mol. The van der Waals surface area contributed by atoms with Gasteiger partial charge < -0.3 is 20.4 Å². The summed E-state index contributed by atoms with van der Waals surface area (Å²) in [5, 5.41) is 11.5. The van der Waals surface area contributed by atoms with Crippen LogP contribution in [0.4, 0.5) is 0 Å². The van der Waals surface area contributed by atoms with Gasteiger partial charge in [-0.1, -0.05) is 12.1 Å². The number of nitrogens with two attached hydrogens (primary N) is 1. The maximum absolute atomic E-state index is 8.59. The Hall–Kier alpha value is -1.91. The van der Waals surface area contributed by atoms with Crippen LogP contribution in [-0.4, -0.2) is 23.8 Å². The SMILES string of the molecule is CCOc1ccc(OC(CC)C(N)=NO)cc1. The first-order valence-electron chi connectivity index (χ1n) is 5.58. The average Bonchev–Trinajstić information content (AvgIpc) is 2.37. The number of nitrogens with zero attached hydrogens (tertiary/aromatic N) is 1. The maximum atomic E-state index is 8.59. The summed E-state index contributed by atoms with van der Waals surface area (Å²) >= 11 is 0. The van der Waals surface area contributed by atoms with E-state index in [1.807, 2.05) is 26.0 Å². The van der Waals surface area contributed by atoms with Gasteiger partial charge in [0.2, 0.25) is 0 Å². The fraction of sp³-hybridized carbons (Fsp3) is 0.417. The van der Waals surface area contributed by atoms with Crippen LogP contribution >= 0.6 is 0 Å². The van der Waals surface area contributed by atoms with E-state index in [2.05, 4.69) is 5.16 Å². The summed E-state index contributed by atoms with van der Waals surface area (Å²) in [5.74, 6) is 1.52. The van der Waals surface area contributed by atoms with Crippen molar-refractivity contribution in [1.82, 2.24) is 0 Å². The van der Waals surface area contributed by atoms with Crippen molar-refractivity contribution in [3.8, 4) is 11.5 Å². The van der Waals surface area contributed by atoms with Crippen molar-refractivity contribution in [3.63, 3.8) is 0 Å². The molecule has 17 heavy (non-hydrogen) atoms. The molecular weight excluding hydrogens is 220 g/mol. The minimum absolute atomic E-state index is 0.0707. The molecule has 0 aliphatic rings. The number of hydrogen-bond acceptors (Lipinski definition) is 4. The molecule has 5 nitrogen and oxygen atoms in total. The summed E-state index contributed by atoms with van der Waals surface area (Å²) < 4.78 is 10.9. The first-order valence-corrected chi connectivity index (χ1v) is 5.58. The van der Waals surface area contributed by atoms with Gasteiger partial charge in [-0.05, 0) is 37.6 Å². The highest BCUT2D eigenvalue weighted by Gasteiger charge is 2.13. The van der Waals surface area contributed by atoms with Crippen LogP contribution < -0.4 is 15.2 Å². The maximum Gasteiger partial charge on any atom is 0.180 e. The molecule has 1 aromatic carbocycles. The molecule has 0 heterocycles. The van der Waals surface area contributed by atoms with Crippen LogP contribution in [0.1, 0.15) is 20.3 Å². The number of oxime groups is 1. The van der Waals surface area contributed by atoms with E-state index in [-0.39, 0.29) is 5.84 Å². The second-order valence-corrected chi connectivity index (χ2v) is 3.44. The Morgan fingerprint density at radius 3 is 2.35 bits per heavy atom. The van der Waals surface area contributed by atoms with Gasteiger partial charge in [-0.3, -0.25) is 0 Å². The van der Waals surface area contributed by atoms with Crippen LogP contribution in [-0.2, 0) is 0 Å². The third kappa shape index (κ3) is 3.86. The summed E-state index contributed by atoms with van der Waals surface area (Å²) in [6.07, 6.45) is 0.210. The van der Waals surface area contributed by atoms with E-state index in [1.165, 1.54) is 0 Å². The Morgan fingerprint density at radius 2 is 1.88 bits per heavy atom. The van der Waals surface area contributed by atoms with Gasteiger partial charge in [-0.15, -0.1) is 0 Å². The Labute approximate surface area is 101 Å². The van der Waals surface area contributed by atoms with Crippen molar-refractivity contribution in [2.45, 2.75) is 26.4 Å². The van der Waals surface area contributed by atoms with E-state index < -0.39 is 6.10 Å². The second kappa shape index (κ2) is 6.62. The molecule has 3 N–H and O–H groups in total. The largest absolute Gasteiger partial charge is 0.494 e. The van der Waals surface area contributed by atoms with Crippen LogP contribution in [0.5, 0.6) is 11.5 Å². The van der Waals surface area contributed by atoms with Crippen molar-refractivity contribution >= 4 is 5.84 Å². The highest BCUT2D eigenvalue weighted by molar-refractivity contribution is 5.84. The standard InChI is InChI=1S/C12H18N2O3/c1-3-11(12(13)14-15)17-10-7-5-9(6-8-10)16-4-2/h5-8,11,15H,3-4H2,1-2H3,(H2,13,14). The van der Waals surface area contributed by atoms with Crippen LogP contribution in [0.3, 0.4) is 0 Å². The van der Waals surface area contributed by atoms with E-state index in [0.29, 0.717) is 18.8 Å². The molecule has 1 atom stereocenters. The molecule has 0 saturated heterocycles. The molecule has 5 heteroatoms. The van der Waals surface area contributed by atoms with Crippen LogP contribution in [0.15, 0.2) is 29.4 Å². The van der Waals surface area contributed by atoms with E-state index in [1.54, 1.807) is 12.1 Å². The molecule has 1 aromatic rings. The third-order valence-electron chi connectivity index (χ3n) is 2.23. The van der Waals surface area contributed by atoms with Gasteiger partial charge in [0.05, 0.1) is 6.61 Å². The smallest absolute Gasteiger partial charge is 0.180 e. The lowest BCUT2D eigenvalue weighted by molar-refractivity contribution is 0.246. The zero-order valence-corrected chi connectivity index (χ0v) is 10.1. The molecular formula is C12H18N2O3. The van der Waals surface area contributed by atoms with Crippen molar-refractivity contribution in [1.29, 1.82) is 0 Å². The van der Waals surface area contributed by atoms with Gasteiger partial charge in [0.25, 0.3) is 0 Å². The lowest BCUT2D eigenvalue weighted by atomic mass is 10.2. The van der Waals surface area contributed by atoms with Gasteiger partial charge >= 0.3 is 0 Å². The Kier molecular flexibility index (Phi) is 5.13. The average molecular weight is 238 g/mol. The van der Waals surface area contributed by atoms with Crippen molar-refractivity contribution in [3.05, 3.63) is 24.3 Å². The van der Waals surface area contributed by atoms with Crippen molar-refractivity contribution in [2.24, 2.45) is 10.9 Å². The van der Waals surface area contributed by atoms with Gasteiger partial charge in [0.1, 0.15) is 11.5 Å². The topological polar surface area (TPSA) is 77.1 Å². The van der Waals surface area contributed by atoms with Crippen LogP contribution in [0.25, 0.3) is 0 Å². The summed E-state index contributed by atoms with van der Waals surface area (Å²) in [6.45, 7) is 4.45. The van der Waals surface area contributed by atoms with Crippen molar-refractivity contribution in [2.75, 3.05) is 6.61 Å². The minimum atomic E-state index is -0.419. The Balaban J connectivity index is 2.67. The second-order valence-electron chi connectivity index (χ2n) is 3.44. The zero-order chi connectivity index (χ0) is 12.7. The normalized spacial score (nSPS) is 13.2. The van der Waals surface area contributed by atoms with Gasteiger partial charge in [-0.25, -0.2) is 0 Å². The zero-order valence-electron chi connectivity index (χ0n) is 10.1. The highest BCUT2D eigenvalue weighted by Crippen LogP contribution is 2.19. The predicted octanol–water partition coefficient (Wildman–Crippen LogP) is 1.99. The van der Waals surface area contributed by atoms with Gasteiger partial charge in [0.15, 0.2) is 11.9 Å². The monoisotopic (exact) mass is 238 g/mol. The lowest BCUT2D eigenvalue weighted by Gasteiger charge is -2.16. The molecule has 0 radical (unpaired) electrons. The molecule has 94 valence electrons. The van der Waals surface area contributed by atoms with Gasteiger partial charge in [-0.2, -0.15) is 0 Å². The number of ether oxygens (including phenoxy) is 2. The number of rotatable bonds is 6. The summed E-state index contributed by atoms with van der Waals surface area (Å²) in [4.78, 5) is 0. The van der Waals surface area contributed by atoms with Crippen LogP contribution in [0, 0.1) is 0 Å². The molecule has 0 aliphatic heterocycles. The number of amidine groups is 1. The molecule has 0 amide bonds. The van der Waals surface area contributed by atoms with Crippen LogP contribution in [0.2, 0.25) is 0 Å². The molecule has 1 rings (SSSR count). The molecule has 0 aromatic heterocycles. The first kappa shape index (κ1) is 13.2. The van der Waals surface area contributed by atoms with E-state index in [9.17, 15) is 0 Å². The molecule has 0 spiro atoms. The van der Waals surface area contributed by atoms with E-state index in [4.69, 9.17) is 20.4 Å². The molecule has 1 unspecified atom stereocenters.